The Labute approximate surface area is 103 Å². The molecule has 0 saturated heterocycles. The van der Waals surface area contributed by atoms with Crippen molar-refractivity contribution in [3.8, 4) is 22.1 Å². The highest BCUT2D eigenvalue weighted by Gasteiger charge is 2.08. The molecule has 5 nitrogen and oxygen atoms in total. The Kier molecular flexibility index (Phi) is 3.55. The summed E-state index contributed by atoms with van der Waals surface area (Å²) in [6.07, 6.45) is 1.68. The average Bonchev–Trinajstić information content (AvgIpc) is 2.73. The van der Waals surface area contributed by atoms with Gasteiger partial charge in [-0.15, -0.1) is 10.2 Å². The van der Waals surface area contributed by atoms with E-state index in [4.69, 9.17) is 5.73 Å². The maximum atomic E-state index is 9.38. The van der Waals surface area contributed by atoms with Crippen LogP contribution in [0.1, 0.15) is 11.4 Å². The molecule has 0 unspecified atom stereocenters. The smallest absolute Gasteiger partial charge is 0.148 e. The molecule has 0 aliphatic carbocycles. The van der Waals surface area contributed by atoms with Crippen molar-refractivity contribution in [1.82, 2.24) is 10.2 Å². The first-order chi connectivity index (χ1) is 8.19. The number of aromatic hydroxyl groups is 2. The van der Waals surface area contributed by atoms with Crippen molar-refractivity contribution in [1.29, 1.82) is 0 Å². The average molecular weight is 251 g/mol. The van der Waals surface area contributed by atoms with E-state index in [1.807, 2.05) is 0 Å². The quantitative estimate of drug-likeness (QED) is 0.766. The maximum Gasteiger partial charge on any atom is 0.148 e. The molecule has 1 heterocycles. The summed E-state index contributed by atoms with van der Waals surface area (Å²) in [6, 6.07) is 4.37. The summed E-state index contributed by atoms with van der Waals surface area (Å²) in [7, 11) is 0. The van der Waals surface area contributed by atoms with E-state index in [1.54, 1.807) is 12.1 Å². The van der Waals surface area contributed by atoms with Gasteiger partial charge in [0.05, 0.1) is 0 Å². The van der Waals surface area contributed by atoms with E-state index in [2.05, 4.69) is 10.2 Å². The zero-order valence-corrected chi connectivity index (χ0v) is 9.94. The first-order valence-corrected chi connectivity index (χ1v) is 6.06. The van der Waals surface area contributed by atoms with Crippen molar-refractivity contribution in [2.45, 2.75) is 12.8 Å². The van der Waals surface area contributed by atoms with E-state index in [0.717, 1.165) is 17.8 Å². The molecule has 0 saturated carbocycles. The summed E-state index contributed by atoms with van der Waals surface area (Å²) in [5.74, 6) is 0.0254. The van der Waals surface area contributed by atoms with E-state index >= 15 is 0 Å². The second kappa shape index (κ2) is 5.11. The summed E-state index contributed by atoms with van der Waals surface area (Å²) in [5.41, 5.74) is 6.09. The van der Waals surface area contributed by atoms with E-state index in [0.29, 0.717) is 17.1 Å². The molecule has 1 aromatic heterocycles. The van der Waals surface area contributed by atoms with Crippen molar-refractivity contribution >= 4 is 11.3 Å². The van der Waals surface area contributed by atoms with Crippen molar-refractivity contribution in [2.24, 2.45) is 5.73 Å². The van der Waals surface area contributed by atoms with Gasteiger partial charge in [-0.25, -0.2) is 0 Å². The highest BCUT2D eigenvalue weighted by Crippen LogP contribution is 2.30. The summed E-state index contributed by atoms with van der Waals surface area (Å²) >= 11 is 1.44. The van der Waals surface area contributed by atoms with Crippen LogP contribution in [-0.4, -0.2) is 27.0 Å². The fourth-order valence-corrected chi connectivity index (χ4v) is 2.31. The predicted molar refractivity (Wildman–Crippen MR) is 66.1 cm³/mol. The van der Waals surface area contributed by atoms with Crippen molar-refractivity contribution < 1.29 is 10.2 Å². The number of nitrogens with two attached hydrogens (primary N) is 1. The molecule has 6 heteroatoms. The molecule has 90 valence electrons. The summed E-state index contributed by atoms with van der Waals surface area (Å²) < 4.78 is 0. The second-order valence-corrected chi connectivity index (χ2v) is 4.69. The number of phenolic OH excluding ortho intramolecular Hbond substituents is 2. The molecule has 17 heavy (non-hydrogen) atoms. The minimum Gasteiger partial charge on any atom is -0.508 e. The molecule has 0 atom stereocenters. The topological polar surface area (TPSA) is 92.3 Å². The Morgan fingerprint density at radius 2 is 1.82 bits per heavy atom. The molecule has 2 aromatic rings. The van der Waals surface area contributed by atoms with Crippen LogP contribution in [-0.2, 0) is 6.42 Å². The number of rotatable bonds is 4. The van der Waals surface area contributed by atoms with Gasteiger partial charge in [0, 0.05) is 18.1 Å². The van der Waals surface area contributed by atoms with Gasteiger partial charge in [0.1, 0.15) is 21.5 Å². The molecule has 0 aliphatic rings. The monoisotopic (exact) mass is 251 g/mol. The van der Waals surface area contributed by atoms with Crippen LogP contribution in [0.15, 0.2) is 18.2 Å². The minimum atomic E-state index is 0.0127. The molecule has 0 radical (unpaired) electrons. The van der Waals surface area contributed by atoms with Crippen LogP contribution in [0.4, 0.5) is 0 Å². The Morgan fingerprint density at radius 1 is 1.12 bits per heavy atom. The number of nitrogens with zero attached hydrogens (tertiary/aromatic N) is 2. The van der Waals surface area contributed by atoms with Crippen LogP contribution in [0.2, 0.25) is 0 Å². The lowest BCUT2D eigenvalue weighted by atomic mass is 10.2. The van der Waals surface area contributed by atoms with Crippen LogP contribution >= 0.6 is 11.3 Å². The molecule has 1 aromatic carbocycles. The van der Waals surface area contributed by atoms with Gasteiger partial charge >= 0.3 is 0 Å². The third kappa shape index (κ3) is 2.92. The molecule has 2 rings (SSSR count). The van der Waals surface area contributed by atoms with Gasteiger partial charge < -0.3 is 15.9 Å². The van der Waals surface area contributed by atoms with E-state index in [1.165, 1.54) is 17.4 Å². The Hall–Kier alpha value is -1.66. The normalized spacial score (nSPS) is 10.6. The summed E-state index contributed by atoms with van der Waals surface area (Å²) in [5, 5.41) is 28.4. The van der Waals surface area contributed by atoms with Crippen molar-refractivity contribution in [2.75, 3.05) is 6.54 Å². The molecular formula is C11H13N3O2S. The van der Waals surface area contributed by atoms with Gasteiger partial charge in [0.25, 0.3) is 0 Å². The summed E-state index contributed by atoms with van der Waals surface area (Å²) in [6.45, 7) is 0.627. The molecule has 0 bridgehead atoms. The van der Waals surface area contributed by atoms with E-state index in [9.17, 15) is 10.2 Å². The maximum absolute atomic E-state index is 9.38. The number of hydrogen-bond donors (Lipinski definition) is 3. The SMILES string of the molecule is NCCCc1nnc(-c2cc(O)cc(O)c2)s1. The largest absolute Gasteiger partial charge is 0.508 e. The predicted octanol–water partition coefficient (Wildman–Crippen LogP) is 1.51. The first kappa shape index (κ1) is 11.8. The van der Waals surface area contributed by atoms with Crippen LogP contribution in [0.3, 0.4) is 0 Å². The lowest BCUT2D eigenvalue weighted by Gasteiger charge is -1.98. The Balaban J connectivity index is 2.24. The highest BCUT2D eigenvalue weighted by atomic mass is 32.1. The molecular weight excluding hydrogens is 238 g/mol. The Morgan fingerprint density at radius 3 is 2.47 bits per heavy atom. The van der Waals surface area contributed by atoms with Gasteiger partial charge in [-0.2, -0.15) is 0 Å². The van der Waals surface area contributed by atoms with E-state index in [-0.39, 0.29) is 11.5 Å². The lowest BCUT2D eigenvalue weighted by Crippen LogP contribution is -1.99. The van der Waals surface area contributed by atoms with Gasteiger partial charge in [0.2, 0.25) is 0 Å². The van der Waals surface area contributed by atoms with Crippen molar-refractivity contribution in [3.63, 3.8) is 0 Å². The van der Waals surface area contributed by atoms with Crippen LogP contribution in [0.25, 0.3) is 10.6 Å². The number of phenols is 2. The van der Waals surface area contributed by atoms with Crippen LogP contribution in [0.5, 0.6) is 11.5 Å². The zero-order chi connectivity index (χ0) is 12.3. The van der Waals surface area contributed by atoms with Gasteiger partial charge in [-0.1, -0.05) is 11.3 Å². The second-order valence-electron chi connectivity index (χ2n) is 3.63. The first-order valence-electron chi connectivity index (χ1n) is 5.25. The zero-order valence-electron chi connectivity index (χ0n) is 9.13. The van der Waals surface area contributed by atoms with Gasteiger partial charge in [0.15, 0.2) is 0 Å². The number of hydrogen-bond acceptors (Lipinski definition) is 6. The van der Waals surface area contributed by atoms with E-state index < -0.39 is 0 Å². The van der Waals surface area contributed by atoms with Gasteiger partial charge in [-0.3, -0.25) is 0 Å². The third-order valence-electron chi connectivity index (χ3n) is 2.21. The number of aromatic nitrogens is 2. The number of benzene rings is 1. The number of aryl methyl sites for hydroxylation is 1. The minimum absolute atomic E-state index is 0.0127. The van der Waals surface area contributed by atoms with Crippen LogP contribution in [0, 0.1) is 0 Å². The fraction of sp³-hybridized carbons (Fsp3) is 0.273. The van der Waals surface area contributed by atoms with Crippen molar-refractivity contribution in [3.05, 3.63) is 23.2 Å². The molecule has 0 fully saturated rings. The standard InChI is InChI=1S/C11H13N3O2S/c12-3-1-2-10-13-14-11(17-10)7-4-8(15)6-9(16)5-7/h4-6,15-16H,1-3,12H2. The Bertz CT molecular complexity index is 493. The van der Waals surface area contributed by atoms with Gasteiger partial charge in [-0.05, 0) is 25.1 Å². The molecule has 0 spiro atoms. The lowest BCUT2D eigenvalue weighted by molar-refractivity contribution is 0.451. The molecule has 4 N–H and O–H groups in total. The molecule has 0 aliphatic heterocycles. The highest BCUT2D eigenvalue weighted by molar-refractivity contribution is 7.14. The fourth-order valence-electron chi connectivity index (χ4n) is 1.44. The van der Waals surface area contributed by atoms with Crippen LogP contribution < -0.4 is 5.73 Å². The molecule has 0 amide bonds. The third-order valence-corrected chi connectivity index (χ3v) is 3.24. The summed E-state index contributed by atoms with van der Waals surface area (Å²) in [4.78, 5) is 0.